The van der Waals surface area contributed by atoms with Gasteiger partial charge in [-0.25, -0.2) is 4.68 Å². The van der Waals surface area contributed by atoms with Crippen LogP contribution in [0.3, 0.4) is 0 Å². The Labute approximate surface area is 131 Å². The van der Waals surface area contributed by atoms with Crippen LogP contribution in [-0.4, -0.2) is 37.9 Å². The molecule has 23 heavy (non-hydrogen) atoms. The molecule has 0 bridgehead atoms. The minimum Gasteiger partial charge on any atom is -0.472 e. The van der Waals surface area contributed by atoms with Crippen LogP contribution in [0.15, 0.2) is 32.6 Å². The van der Waals surface area contributed by atoms with Gasteiger partial charge in [0.05, 0.1) is 19.1 Å². The van der Waals surface area contributed by atoms with Gasteiger partial charge in [-0.15, -0.1) is 0 Å². The van der Waals surface area contributed by atoms with Crippen molar-refractivity contribution < 1.29 is 9.15 Å². The maximum absolute atomic E-state index is 12.2. The van der Waals surface area contributed by atoms with Crippen molar-refractivity contribution in [3.05, 3.63) is 50.7 Å². The monoisotopic (exact) mass is 318 g/mol. The Morgan fingerprint density at radius 2 is 2.17 bits per heavy atom. The normalized spacial score (nSPS) is 24.2. The number of likely N-dealkylation sites (tertiary alicyclic amines) is 1. The lowest BCUT2D eigenvalue weighted by Crippen LogP contribution is -2.52. The van der Waals surface area contributed by atoms with Gasteiger partial charge in [-0.05, 0) is 12.5 Å². The van der Waals surface area contributed by atoms with Crippen molar-refractivity contribution in [2.24, 2.45) is 7.05 Å². The summed E-state index contributed by atoms with van der Waals surface area (Å²) >= 11 is 0. The molecule has 0 saturated carbocycles. The van der Waals surface area contributed by atoms with E-state index in [9.17, 15) is 9.59 Å². The smallest absolute Gasteiger partial charge is 0.332 e. The van der Waals surface area contributed by atoms with Gasteiger partial charge in [0.1, 0.15) is 12.2 Å². The molecule has 122 valence electrons. The Kier molecular flexibility index (Phi) is 3.24. The fourth-order valence-electron chi connectivity index (χ4n) is 3.42. The first-order valence-electron chi connectivity index (χ1n) is 7.61. The van der Waals surface area contributed by atoms with Gasteiger partial charge in [0.25, 0.3) is 0 Å². The molecule has 0 aromatic carbocycles. The number of ether oxygens (including phenoxy) is 1. The molecule has 0 N–H and O–H groups in total. The van der Waals surface area contributed by atoms with Crippen LogP contribution in [0.4, 0.5) is 0 Å². The van der Waals surface area contributed by atoms with Crippen molar-refractivity contribution in [1.82, 2.24) is 19.2 Å². The largest absolute Gasteiger partial charge is 0.472 e. The van der Waals surface area contributed by atoms with Crippen molar-refractivity contribution in [3.8, 4) is 0 Å². The second-order valence-corrected chi connectivity index (χ2v) is 6.30. The number of aromatic nitrogens is 3. The summed E-state index contributed by atoms with van der Waals surface area (Å²) in [6, 6.07) is 1.94. The second kappa shape index (κ2) is 5.17. The summed E-state index contributed by atoms with van der Waals surface area (Å²) in [7, 11) is 1.48. The maximum atomic E-state index is 12.2. The van der Waals surface area contributed by atoms with Crippen LogP contribution in [0.5, 0.6) is 0 Å². The molecule has 4 rings (SSSR count). The van der Waals surface area contributed by atoms with E-state index in [0.717, 1.165) is 36.3 Å². The fraction of sp³-hybridized carbons (Fsp3) is 0.533. The van der Waals surface area contributed by atoms with E-state index in [0.29, 0.717) is 12.4 Å². The van der Waals surface area contributed by atoms with Gasteiger partial charge >= 0.3 is 11.1 Å². The van der Waals surface area contributed by atoms with Crippen molar-refractivity contribution in [3.63, 3.8) is 0 Å². The number of fused-ring (bicyclic) bond motifs is 1. The molecule has 0 aliphatic carbocycles. The first-order valence-corrected chi connectivity index (χ1v) is 7.61. The van der Waals surface area contributed by atoms with Gasteiger partial charge < -0.3 is 9.15 Å². The lowest BCUT2D eigenvalue weighted by atomic mass is 10.0. The number of hydrogen-bond donors (Lipinski definition) is 0. The molecule has 1 saturated heterocycles. The number of aryl methyl sites for hydroxylation is 1. The Bertz CT molecular complexity index is 838. The minimum atomic E-state index is -0.598. The predicted octanol–water partition coefficient (Wildman–Crippen LogP) is -0.290. The Morgan fingerprint density at radius 1 is 1.30 bits per heavy atom. The molecular weight excluding hydrogens is 300 g/mol. The highest BCUT2D eigenvalue weighted by molar-refractivity contribution is 5.07. The van der Waals surface area contributed by atoms with E-state index in [1.165, 1.54) is 11.6 Å². The molecule has 1 atom stereocenters. The summed E-state index contributed by atoms with van der Waals surface area (Å²) in [6.07, 6.45) is 4.22. The van der Waals surface area contributed by atoms with Crippen molar-refractivity contribution >= 4 is 0 Å². The van der Waals surface area contributed by atoms with E-state index in [1.54, 1.807) is 12.5 Å². The summed E-state index contributed by atoms with van der Waals surface area (Å²) in [4.78, 5) is 26.3. The fourth-order valence-corrected chi connectivity index (χ4v) is 3.42. The number of nitrogens with zero attached hydrogens (tertiary/aromatic N) is 4. The first-order chi connectivity index (χ1) is 11.1. The maximum Gasteiger partial charge on any atom is 0.332 e. The van der Waals surface area contributed by atoms with Crippen LogP contribution in [0.25, 0.3) is 0 Å². The van der Waals surface area contributed by atoms with Crippen LogP contribution < -0.4 is 11.1 Å². The quantitative estimate of drug-likeness (QED) is 0.708. The third-order valence-corrected chi connectivity index (χ3v) is 4.63. The zero-order valence-corrected chi connectivity index (χ0v) is 12.9. The molecular formula is C15H18N4O4. The molecule has 2 aromatic rings. The number of hydrogen-bond acceptors (Lipinski definition) is 6. The molecule has 1 fully saturated rings. The zero-order chi connectivity index (χ0) is 16.0. The summed E-state index contributed by atoms with van der Waals surface area (Å²) < 4.78 is 13.7. The van der Waals surface area contributed by atoms with Gasteiger partial charge in [0.15, 0.2) is 5.82 Å². The van der Waals surface area contributed by atoms with Crippen LogP contribution in [0.2, 0.25) is 0 Å². The summed E-state index contributed by atoms with van der Waals surface area (Å²) in [5.74, 6) is 0.510. The van der Waals surface area contributed by atoms with E-state index in [-0.39, 0.29) is 6.61 Å². The summed E-state index contributed by atoms with van der Waals surface area (Å²) in [6.45, 7) is 3.03. The highest BCUT2D eigenvalue weighted by Crippen LogP contribution is 2.31. The van der Waals surface area contributed by atoms with Crippen LogP contribution in [-0.2, 0) is 31.5 Å². The second-order valence-electron chi connectivity index (χ2n) is 6.30. The van der Waals surface area contributed by atoms with Gasteiger partial charge in [-0.3, -0.25) is 19.1 Å². The minimum absolute atomic E-state index is 0.253. The third-order valence-electron chi connectivity index (χ3n) is 4.63. The predicted molar refractivity (Wildman–Crippen MR) is 79.9 cm³/mol. The number of rotatable bonds is 2. The summed E-state index contributed by atoms with van der Waals surface area (Å²) in [5, 5.41) is 4.12. The summed E-state index contributed by atoms with van der Waals surface area (Å²) in [5.41, 5.74) is -0.423. The third kappa shape index (κ3) is 2.43. The molecule has 2 aliphatic heterocycles. The molecule has 4 heterocycles. The number of furan rings is 1. The molecule has 8 heteroatoms. The van der Waals surface area contributed by atoms with Gasteiger partial charge in [0.2, 0.25) is 0 Å². The zero-order valence-electron chi connectivity index (χ0n) is 12.9. The van der Waals surface area contributed by atoms with Crippen molar-refractivity contribution in [2.75, 3.05) is 13.1 Å². The average Bonchev–Trinajstić information content (AvgIpc) is 3.18. The van der Waals surface area contributed by atoms with Gasteiger partial charge in [0, 0.05) is 32.2 Å². The molecule has 8 nitrogen and oxygen atoms in total. The molecule has 0 amide bonds. The lowest BCUT2D eigenvalue weighted by Gasteiger charge is -2.35. The SMILES string of the molecule is Cn1nc2n(c(=O)c1=O)CC1(CCN(Cc3ccoc3)C1)OC2. The Hall–Kier alpha value is -2.19. The van der Waals surface area contributed by atoms with E-state index in [4.69, 9.17) is 9.15 Å². The van der Waals surface area contributed by atoms with Gasteiger partial charge in [-0.1, -0.05) is 0 Å². The van der Waals surface area contributed by atoms with E-state index >= 15 is 0 Å². The van der Waals surface area contributed by atoms with Crippen LogP contribution >= 0.6 is 0 Å². The van der Waals surface area contributed by atoms with Crippen LogP contribution in [0, 0.1) is 0 Å². The van der Waals surface area contributed by atoms with E-state index in [1.807, 2.05) is 6.07 Å². The molecule has 1 spiro atoms. The van der Waals surface area contributed by atoms with E-state index < -0.39 is 16.7 Å². The molecule has 0 radical (unpaired) electrons. The highest BCUT2D eigenvalue weighted by atomic mass is 16.5. The van der Waals surface area contributed by atoms with E-state index in [2.05, 4.69) is 10.00 Å². The van der Waals surface area contributed by atoms with Crippen molar-refractivity contribution in [1.29, 1.82) is 0 Å². The first kappa shape index (κ1) is 14.4. The lowest BCUT2D eigenvalue weighted by molar-refractivity contribution is -0.0858. The molecule has 1 unspecified atom stereocenters. The molecule has 2 aromatic heterocycles. The molecule has 2 aliphatic rings. The Morgan fingerprint density at radius 3 is 2.96 bits per heavy atom. The average molecular weight is 318 g/mol. The topological polar surface area (TPSA) is 82.5 Å². The highest BCUT2D eigenvalue weighted by Gasteiger charge is 2.43. The Balaban J connectivity index is 1.57. The van der Waals surface area contributed by atoms with Crippen LogP contribution in [0.1, 0.15) is 17.8 Å². The standard InChI is InChI=1S/C15H18N4O4/c1-17-13(20)14(21)19-10-15(23-8-12(19)16-17)3-4-18(9-15)6-11-2-5-22-7-11/h2,5,7H,3-4,6,8-10H2,1H3. The van der Waals surface area contributed by atoms with Crippen molar-refractivity contribution in [2.45, 2.75) is 31.7 Å². The van der Waals surface area contributed by atoms with Gasteiger partial charge in [-0.2, -0.15) is 5.10 Å².